The predicted octanol–water partition coefficient (Wildman–Crippen LogP) is 2.00. The first kappa shape index (κ1) is 15.5. The fraction of sp³-hybridized carbons (Fsp3) is 0.562. The van der Waals surface area contributed by atoms with E-state index in [2.05, 4.69) is 12.2 Å². The fourth-order valence-corrected chi connectivity index (χ4v) is 4.12. The Kier molecular flexibility index (Phi) is 4.23. The summed E-state index contributed by atoms with van der Waals surface area (Å²) in [7, 11) is -3.44. The molecular weight excluding hydrogens is 300 g/mol. The van der Waals surface area contributed by atoms with Gasteiger partial charge in [-0.3, -0.25) is 4.79 Å². The van der Waals surface area contributed by atoms with Crippen molar-refractivity contribution in [3.8, 4) is 0 Å². The Balaban J connectivity index is 1.72. The van der Waals surface area contributed by atoms with E-state index in [1.54, 1.807) is 16.4 Å². The highest BCUT2D eigenvalue weighted by molar-refractivity contribution is 7.89. The minimum atomic E-state index is -3.44. The maximum atomic E-state index is 12.6. The molecule has 120 valence electrons. The zero-order valence-corrected chi connectivity index (χ0v) is 13.6. The zero-order valence-electron chi connectivity index (χ0n) is 12.8. The van der Waals surface area contributed by atoms with Crippen LogP contribution in [0, 0.1) is 5.92 Å². The van der Waals surface area contributed by atoms with Gasteiger partial charge in [-0.25, -0.2) is 8.42 Å². The van der Waals surface area contributed by atoms with E-state index in [0.29, 0.717) is 30.6 Å². The van der Waals surface area contributed by atoms with Crippen LogP contribution in [0.2, 0.25) is 0 Å². The van der Waals surface area contributed by atoms with Gasteiger partial charge in [0.1, 0.15) is 0 Å². The Morgan fingerprint density at radius 3 is 2.23 bits per heavy atom. The Hall–Kier alpha value is -1.40. The molecule has 5 nitrogen and oxygen atoms in total. The lowest BCUT2D eigenvalue weighted by Gasteiger charge is -2.29. The van der Waals surface area contributed by atoms with Gasteiger partial charge in [-0.2, -0.15) is 4.31 Å². The molecule has 1 saturated carbocycles. The summed E-state index contributed by atoms with van der Waals surface area (Å²) < 4.78 is 26.7. The van der Waals surface area contributed by atoms with Crippen LogP contribution < -0.4 is 5.32 Å². The van der Waals surface area contributed by atoms with Gasteiger partial charge in [-0.15, -0.1) is 0 Å². The van der Waals surface area contributed by atoms with Crippen molar-refractivity contribution in [1.29, 1.82) is 0 Å². The van der Waals surface area contributed by atoms with Crippen molar-refractivity contribution in [1.82, 2.24) is 9.62 Å². The smallest absolute Gasteiger partial charge is 0.251 e. The molecule has 1 saturated heterocycles. The summed E-state index contributed by atoms with van der Waals surface area (Å²) in [4.78, 5) is 12.2. The summed E-state index contributed by atoms with van der Waals surface area (Å²) in [6, 6.07) is 6.56. The van der Waals surface area contributed by atoms with Crippen molar-refractivity contribution in [2.24, 2.45) is 5.92 Å². The molecule has 0 atom stereocenters. The number of nitrogens with one attached hydrogen (secondary N) is 1. The number of amides is 1. The van der Waals surface area contributed by atoms with E-state index in [9.17, 15) is 13.2 Å². The molecule has 6 heteroatoms. The Bertz CT molecular complexity index is 642. The first-order chi connectivity index (χ1) is 10.5. The van der Waals surface area contributed by atoms with E-state index in [4.69, 9.17) is 0 Å². The van der Waals surface area contributed by atoms with Crippen molar-refractivity contribution < 1.29 is 13.2 Å². The second-order valence-electron chi connectivity index (χ2n) is 6.36. The number of carbonyl (C=O) groups excluding carboxylic acids is 1. The van der Waals surface area contributed by atoms with Gasteiger partial charge < -0.3 is 5.32 Å². The minimum Gasteiger partial charge on any atom is -0.349 e. The van der Waals surface area contributed by atoms with Crippen LogP contribution in [0.4, 0.5) is 0 Å². The van der Waals surface area contributed by atoms with Crippen LogP contribution in [-0.4, -0.2) is 37.8 Å². The monoisotopic (exact) mass is 322 g/mol. The molecule has 22 heavy (non-hydrogen) atoms. The van der Waals surface area contributed by atoms with E-state index in [0.717, 1.165) is 25.7 Å². The van der Waals surface area contributed by atoms with Gasteiger partial charge in [0.25, 0.3) is 5.91 Å². The molecule has 1 aromatic carbocycles. The van der Waals surface area contributed by atoms with Gasteiger partial charge in [0, 0.05) is 24.7 Å². The summed E-state index contributed by atoms with van der Waals surface area (Å²) in [6.07, 6.45) is 3.87. The van der Waals surface area contributed by atoms with Crippen LogP contribution in [0.3, 0.4) is 0 Å². The summed E-state index contributed by atoms with van der Waals surface area (Å²) in [5, 5.41) is 2.90. The van der Waals surface area contributed by atoms with E-state index < -0.39 is 10.0 Å². The molecule has 1 aliphatic carbocycles. The van der Waals surface area contributed by atoms with Crippen molar-refractivity contribution in [2.45, 2.75) is 43.5 Å². The normalized spacial score (nSPS) is 20.8. The minimum absolute atomic E-state index is 0.127. The van der Waals surface area contributed by atoms with Crippen LogP contribution in [0.15, 0.2) is 29.2 Å². The number of piperidine rings is 1. The molecule has 1 aliphatic heterocycles. The summed E-state index contributed by atoms with van der Waals surface area (Å²) in [6.45, 7) is 3.30. The van der Waals surface area contributed by atoms with E-state index in [1.807, 2.05) is 0 Å². The second-order valence-corrected chi connectivity index (χ2v) is 8.30. The quantitative estimate of drug-likeness (QED) is 0.922. The third kappa shape index (κ3) is 3.33. The lowest BCUT2D eigenvalue weighted by atomic mass is 10.0. The Labute approximate surface area is 131 Å². The van der Waals surface area contributed by atoms with Gasteiger partial charge in [0.15, 0.2) is 0 Å². The third-order valence-electron chi connectivity index (χ3n) is 4.41. The van der Waals surface area contributed by atoms with Crippen molar-refractivity contribution in [3.63, 3.8) is 0 Å². The van der Waals surface area contributed by atoms with Gasteiger partial charge >= 0.3 is 0 Å². The molecule has 0 radical (unpaired) electrons. The first-order valence-corrected chi connectivity index (χ1v) is 9.32. The summed E-state index contributed by atoms with van der Waals surface area (Å²) >= 11 is 0. The molecule has 1 heterocycles. The zero-order chi connectivity index (χ0) is 15.7. The molecule has 1 amide bonds. The average molecular weight is 322 g/mol. The van der Waals surface area contributed by atoms with Gasteiger partial charge in [0.2, 0.25) is 10.0 Å². The number of rotatable bonds is 4. The van der Waals surface area contributed by atoms with Crippen LogP contribution in [-0.2, 0) is 10.0 Å². The highest BCUT2D eigenvalue weighted by atomic mass is 32.2. The van der Waals surface area contributed by atoms with Crippen LogP contribution >= 0.6 is 0 Å². The SMILES string of the molecule is CC1CCN(S(=O)(=O)c2ccc(C(=O)NC3CC3)cc2)CC1. The van der Waals surface area contributed by atoms with Crippen molar-refractivity contribution >= 4 is 15.9 Å². The van der Waals surface area contributed by atoms with Gasteiger partial charge in [-0.05, 0) is 55.9 Å². The molecule has 2 aliphatic rings. The lowest BCUT2D eigenvalue weighted by Crippen LogP contribution is -2.37. The molecule has 1 aromatic rings. The summed E-state index contributed by atoms with van der Waals surface area (Å²) in [5.74, 6) is 0.457. The molecule has 1 N–H and O–H groups in total. The van der Waals surface area contributed by atoms with Crippen LogP contribution in [0.5, 0.6) is 0 Å². The highest BCUT2D eigenvalue weighted by Crippen LogP contribution is 2.24. The molecule has 2 fully saturated rings. The first-order valence-electron chi connectivity index (χ1n) is 7.88. The van der Waals surface area contributed by atoms with Gasteiger partial charge in [0.05, 0.1) is 4.90 Å². The predicted molar refractivity (Wildman–Crippen MR) is 84.1 cm³/mol. The molecule has 0 aromatic heterocycles. The number of sulfonamides is 1. The van der Waals surface area contributed by atoms with Crippen molar-refractivity contribution in [3.05, 3.63) is 29.8 Å². The average Bonchev–Trinajstić information content (AvgIpc) is 3.32. The number of carbonyl (C=O) groups is 1. The highest BCUT2D eigenvalue weighted by Gasteiger charge is 2.28. The second kappa shape index (κ2) is 6.01. The Morgan fingerprint density at radius 1 is 1.09 bits per heavy atom. The van der Waals surface area contributed by atoms with E-state index in [-0.39, 0.29) is 10.8 Å². The summed E-state index contributed by atoms with van der Waals surface area (Å²) in [5.41, 5.74) is 0.512. The maximum absolute atomic E-state index is 12.6. The standard InChI is InChI=1S/C16H22N2O3S/c1-12-8-10-18(11-9-12)22(20,21)15-6-2-13(3-7-15)16(19)17-14-4-5-14/h2-3,6-7,12,14H,4-5,8-11H2,1H3,(H,17,19). The largest absolute Gasteiger partial charge is 0.349 e. The number of hydrogen-bond acceptors (Lipinski definition) is 3. The maximum Gasteiger partial charge on any atom is 0.251 e. The number of hydrogen-bond donors (Lipinski definition) is 1. The number of benzene rings is 1. The Morgan fingerprint density at radius 2 is 1.68 bits per heavy atom. The van der Waals surface area contributed by atoms with Crippen LogP contribution in [0.1, 0.15) is 43.0 Å². The number of nitrogens with zero attached hydrogens (tertiary/aromatic N) is 1. The van der Waals surface area contributed by atoms with Gasteiger partial charge in [-0.1, -0.05) is 6.92 Å². The molecule has 3 rings (SSSR count). The molecule has 0 bridgehead atoms. The molecule has 0 unspecified atom stereocenters. The third-order valence-corrected chi connectivity index (χ3v) is 6.32. The lowest BCUT2D eigenvalue weighted by molar-refractivity contribution is 0.0951. The molecule has 0 spiro atoms. The topological polar surface area (TPSA) is 66.5 Å². The fourth-order valence-electron chi connectivity index (χ4n) is 2.65. The van der Waals surface area contributed by atoms with Crippen molar-refractivity contribution in [2.75, 3.05) is 13.1 Å². The molecular formula is C16H22N2O3S. The van der Waals surface area contributed by atoms with E-state index >= 15 is 0 Å². The van der Waals surface area contributed by atoms with Crippen LogP contribution in [0.25, 0.3) is 0 Å². The van der Waals surface area contributed by atoms with E-state index in [1.165, 1.54) is 12.1 Å².